The van der Waals surface area contributed by atoms with Gasteiger partial charge in [-0.15, -0.1) is 0 Å². The van der Waals surface area contributed by atoms with Gasteiger partial charge in [-0.05, 0) is 80.9 Å². The highest BCUT2D eigenvalue weighted by atomic mass is 32.1. The van der Waals surface area contributed by atoms with Crippen LogP contribution in [0.2, 0.25) is 0 Å². The fourth-order valence-electron chi connectivity index (χ4n) is 2.45. The van der Waals surface area contributed by atoms with Gasteiger partial charge in [0, 0.05) is 18.8 Å². The maximum atomic E-state index is 5.62. The van der Waals surface area contributed by atoms with Crippen molar-refractivity contribution in [3.8, 4) is 0 Å². The minimum absolute atomic E-state index is 0.863. The molecule has 0 aromatic heterocycles. The molecule has 2 nitrogen and oxygen atoms in total. The van der Waals surface area contributed by atoms with Crippen LogP contribution in [0.1, 0.15) is 42.9 Å². The minimum Gasteiger partial charge on any atom is -0.349 e. The Hall–Kier alpha value is -1.09. The van der Waals surface area contributed by atoms with Crippen molar-refractivity contribution in [1.82, 2.24) is 4.90 Å². The maximum Gasteiger partial charge on any atom is 0.173 e. The third-order valence-corrected chi connectivity index (χ3v) is 4.40. The molecule has 1 aliphatic rings. The highest BCUT2D eigenvalue weighted by Crippen LogP contribution is 2.30. The molecule has 0 saturated heterocycles. The molecule has 1 N–H and O–H groups in total. The first-order valence-electron chi connectivity index (χ1n) is 7.65. The van der Waals surface area contributed by atoms with Gasteiger partial charge in [0.05, 0.1) is 0 Å². The smallest absolute Gasteiger partial charge is 0.173 e. The first kappa shape index (κ1) is 15.3. The Bertz CT molecular complexity index is 492. The Morgan fingerprint density at radius 1 is 1.20 bits per heavy atom. The second-order valence-electron chi connectivity index (χ2n) is 6.07. The standard InChI is InChI=1S/C17H26N2S/c1-5-8-19(11-15-6-7-15)17(20)18-16-10-13(3)12(2)9-14(16)4/h9-10,15H,5-8,11H2,1-4H3,(H,18,20). The minimum atomic E-state index is 0.863. The molecule has 0 radical (unpaired) electrons. The Morgan fingerprint density at radius 2 is 1.85 bits per heavy atom. The SMILES string of the molecule is CCCN(CC1CC1)C(=S)Nc1cc(C)c(C)cc1C. The summed E-state index contributed by atoms with van der Waals surface area (Å²) in [5, 5.41) is 4.33. The van der Waals surface area contributed by atoms with Crippen LogP contribution >= 0.6 is 12.2 Å². The molecule has 0 atom stereocenters. The molecule has 1 saturated carbocycles. The van der Waals surface area contributed by atoms with E-state index in [-0.39, 0.29) is 0 Å². The predicted octanol–water partition coefficient (Wildman–Crippen LogP) is 4.43. The molecule has 1 fully saturated rings. The molecular formula is C17H26N2S. The quantitative estimate of drug-likeness (QED) is 0.808. The predicted molar refractivity (Wildman–Crippen MR) is 91.5 cm³/mol. The van der Waals surface area contributed by atoms with Crippen LogP contribution in [0, 0.1) is 26.7 Å². The summed E-state index contributed by atoms with van der Waals surface area (Å²) in [7, 11) is 0. The molecule has 3 heteroatoms. The van der Waals surface area contributed by atoms with Crippen LogP contribution in [0.4, 0.5) is 5.69 Å². The molecule has 0 spiro atoms. The number of nitrogens with zero attached hydrogens (tertiary/aromatic N) is 1. The van der Waals surface area contributed by atoms with Gasteiger partial charge in [-0.25, -0.2) is 0 Å². The Morgan fingerprint density at radius 3 is 2.45 bits per heavy atom. The van der Waals surface area contributed by atoms with Gasteiger partial charge in [0.1, 0.15) is 0 Å². The van der Waals surface area contributed by atoms with Gasteiger partial charge in [0.2, 0.25) is 0 Å². The van der Waals surface area contributed by atoms with Gasteiger partial charge < -0.3 is 10.2 Å². The number of nitrogens with one attached hydrogen (secondary N) is 1. The van der Waals surface area contributed by atoms with Crippen molar-refractivity contribution in [3.63, 3.8) is 0 Å². The number of benzene rings is 1. The summed E-state index contributed by atoms with van der Waals surface area (Å²) in [6, 6.07) is 4.43. The number of hydrogen-bond acceptors (Lipinski definition) is 1. The normalized spacial score (nSPS) is 14.2. The van der Waals surface area contributed by atoms with Gasteiger partial charge in [-0.2, -0.15) is 0 Å². The Balaban J connectivity index is 2.06. The summed E-state index contributed by atoms with van der Waals surface area (Å²) in [4.78, 5) is 2.33. The first-order chi connectivity index (χ1) is 9.51. The van der Waals surface area contributed by atoms with Crippen molar-refractivity contribution in [2.45, 2.75) is 47.0 Å². The third kappa shape index (κ3) is 3.95. The van der Waals surface area contributed by atoms with Crippen molar-refractivity contribution >= 4 is 23.0 Å². The van der Waals surface area contributed by atoms with Crippen LogP contribution in [-0.4, -0.2) is 23.1 Å². The lowest BCUT2D eigenvalue weighted by atomic mass is 10.1. The van der Waals surface area contributed by atoms with Crippen LogP contribution in [-0.2, 0) is 0 Å². The number of aryl methyl sites for hydroxylation is 3. The molecule has 0 heterocycles. The van der Waals surface area contributed by atoms with Crippen LogP contribution < -0.4 is 5.32 Å². The molecule has 2 rings (SSSR count). The molecule has 0 unspecified atom stereocenters. The molecule has 0 bridgehead atoms. The van der Waals surface area contributed by atoms with Crippen LogP contribution in [0.15, 0.2) is 12.1 Å². The second-order valence-corrected chi connectivity index (χ2v) is 6.46. The van der Waals surface area contributed by atoms with E-state index >= 15 is 0 Å². The lowest BCUT2D eigenvalue weighted by Crippen LogP contribution is -2.37. The summed E-state index contributed by atoms with van der Waals surface area (Å²) < 4.78 is 0. The summed E-state index contributed by atoms with van der Waals surface area (Å²) in [6.45, 7) is 10.8. The molecule has 20 heavy (non-hydrogen) atoms. The van der Waals surface area contributed by atoms with E-state index in [1.807, 2.05) is 0 Å². The van der Waals surface area contributed by atoms with Crippen molar-refractivity contribution < 1.29 is 0 Å². The summed E-state index contributed by atoms with van der Waals surface area (Å²) >= 11 is 5.62. The molecule has 1 aromatic carbocycles. The highest BCUT2D eigenvalue weighted by molar-refractivity contribution is 7.80. The van der Waals surface area contributed by atoms with E-state index < -0.39 is 0 Å². The van der Waals surface area contributed by atoms with Crippen molar-refractivity contribution in [1.29, 1.82) is 0 Å². The number of rotatable bonds is 5. The van der Waals surface area contributed by atoms with E-state index in [9.17, 15) is 0 Å². The number of anilines is 1. The average Bonchev–Trinajstić information content (AvgIpc) is 3.19. The van der Waals surface area contributed by atoms with E-state index in [0.717, 1.165) is 36.2 Å². The van der Waals surface area contributed by atoms with E-state index in [2.05, 4.69) is 50.0 Å². The fourth-order valence-corrected chi connectivity index (χ4v) is 2.72. The van der Waals surface area contributed by atoms with Crippen molar-refractivity contribution in [2.24, 2.45) is 5.92 Å². The van der Waals surface area contributed by atoms with Gasteiger partial charge in [-0.1, -0.05) is 13.0 Å². The van der Waals surface area contributed by atoms with E-state index in [0.29, 0.717) is 0 Å². The molecule has 0 aliphatic heterocycles. The third-order valence-electron chi connectivity index (χ3n) is 4.04. The zero-order chi connectivity index (χ0) is 14.7. The van der Waals surface area contributed by atoms with Gasteiger partial charge in [0.25, 0.3) is 0 Å². The topological polar surface area (TPSA) is 15.3 Å². The summed E-state index contributed by atoms with van der Waals surface area (Å²) in [5.41, 5.74) is 5.06. The molecule has 1 aromatic rings. The largest absolute Gasteiger partial charge is 0.349 e. The Kier molecular flexibility index (Phi) is 5.03. The number of hydrogen-bond donors (Lipinski definition) is 1. The van der Waals surface area contributed by atoms with Crippen LogP contribution in [0.5, 0.6) is 0 Å². The van der Waals surface area contributed by atoms with E-state index in [4.69, 9.17) is 12.2 Å². The summed E-state index contributed by atoms with van der Waals surface area (Å²) in [6.07, 6.45) is 3.87. The lowest BCUT2D eigenvalue weighted by Gasteiger charge is -2.26. The highest BCUT2D eigenvalue weighted by Gasteiger charge is 2.25. The zero-order valence-corrected chi connectivity index (χ0v) is 13.9. The van der Waals surface area contributed by atoms with E-state index in [1.54, 1.807) is 0 Å². The fraction of sp³-hybridized carbons (Fsp3) is 0.588. The first-order valence-corrected chi connectivity index (χ1v) is 8.05. The monoisotopic (exact) mass is 290 g/mol. The molecule has 1 aliphatic carbocycles. The van der Waals surface area contributed by atoms with Crippen LogP contribution in [0.3, 0.4) is 0 Å². The summed E-state index contributed by atoms with van der Waals surface area (Å²) in [5.74, 6) is 0.863. The maximum absolute atomic E-state index is 5.62. The lowest BCUT2D eigenvalue weighted by molar-refractivity contribution is 0.404. The Labute approximate surface area is 128 Å². The van der Waals surface area contributed by atoms with Crippen LogP contribution in [0.25, 0.3) is 0 Å². The number of thiocarbonyl (C=S) groups is 1. The average molecular weight is 290 g/mol. The van der Waals surface area contributed by atoms with E-state index in [1.165, 1.54) is 29.5 Å². The van der Waals surface area contributed by atoms with Gasteiger partial charge in [0.15, 0.2) is 5.11 Å². The van der Waals surface area contributed by atoms with Crippen molar-refractivity contribution in [3.05, 3.63) is 28.8 Å². The molecule has 0 amide bonds. The zero-order valence-electron chi connectivity index (χ0n) is 13.1. The molecule has 110 valence electrons. The van der Waals surface area contributed by atoms with Gasteiger partial charge in [-0.3, -0.25) is 0 Å². The molecular weight excluding hydrogens is 264 g/mol. The second kappa shape index (κ2) is 6.57. The van der Waals surface area contributed by atoms with Crippen molar-refractivity contribution in [2.75, 3.05) is 18.4 Å². The van der Waals surface area contributed by atoms with Gasteiger partial charge >= 0.3 is 0 Å².